The number of halogens is 1. The Labute approximate surface area is 235 Å². The molecular formula is C28H29IN4O5. The van der Waals surface area contributed by atoms with E-state index in [1.54, 1.807) is 12.1 Å². The third kappa shape index (κ3) is 8.58. The third-order valence-electron chi connectivity index (χ3n) is 5.26. The summed E-state index contributed by atoms with van der Waals surface area (Å²) in [6.07, 6.45) is 1.38. The zero-order valence-corrected chi connectivity index (χ0v) is 23.7. The van der Waals surface area contributed by atoms with Crippen LogP contribution in [0.1, 0.15) is 27.8 Å². The van der Waals surface area contributed by atoms with Crippen molar-refractivity contribution in [2.45, 2.75) is 27.3 Å². The Morgan fingerprint density at radius 1 is 0.921 bits per heavy atom. The van der Waals surface area contributed by atoms with Gasteiger partial charge in [0.1, 0.15) is 0 Å². The fourth-order valence-corrected chi connectivity index (χ4v) is 4.30. The Bertz CT molecular complexity index is 1340. The van der Waals surface area contributed by atoms with Gasteiger partial charge in [-0.15, -0.1) is 0 Å². The van der Waals surface area contributed by atoms with Gasteiger partial charge in [-0.25, -0.2) is 5.43 Å². The van der Waals surface area contributed by atoms with Crippen LogP contribution in [0, 0.1) is 24.3 Å². The molecule has 9 nitrogen and oxygen atoms in total. The highest BCUT2D eigenvalue weighted by atomic mass is 127. The molecule has 0 saturated heterocycles. The Morgan fingerprint density at radius 2 is 1.61 bits per heavy atom. The van der Waals surface area contributed by atoms with Crippen LogP contribution in [-0.2, 0) is 20.9 Å². The van der Waals surface area contributed by atoms with Crippen LogP contribution in [0.2, 0.25) is 0 Å². The largest absolute Gasteiger partial charge is 0.493 e. The summed E-state index contributed by atoms with van der Waals surface area (Å²) in [5, 5.41) is 9.24. The molecule has 3 N–H and O–H groups in total. The molecule has 0 saturated carbocycles. The van der Waals surface area contributed by atoms with Crippen LogP contribution in [-0.4, -0.2) is 37.7 Å². The lowest BCUT2D eigenvalue weighted by atomic mass is 10.1. The van der Waals surface area contributed by atoms with Gasteiger partial charge in [-0.1, -0.05) is 35.9 Å². The number of anilines is 1. The first kappa shape index (κ1) is 28.6. The van der Waals surface area contributed by atoms with E-state index in [1.807, 2.05) is 63.2 Å². The van der Waals surface area contributed by atoms with Gasteiger partial charge in [-0.05, 0) is 89.9 Å². The number of carbonyl (C=O) groups excluding carboxylic acids is 3. The molecule has 38 heavy (non-hydrogen) atoms. The minimum atomic E-state index is -0.884. The van der Waals surface area contributed by atoms with Crippen LogP contribution in [0.4, 0.5) is 5.69 Å². The third-order valence-corrected chi connectivity index (χ3v) is 6.07. The van der Waals surface area contributed by atoms with E-state index in [9.17, 15) is 14.4 Å². The second-order valence-corrected chi connectivity index (χ2v) is 9.78. The van der Waals surface area contributed by atoms with Crippen molar-refractivity contribution in [2.75, 3.05) is 19.0 Å². The van der Waals surface area contributed by atoms with Crippen molar-refractivity contribution >= 4 is 52.2 Å². The number of methoxy groups -OCH3 is 1. The van der Waals surface area contributed by atoms with Gasteiger partial charge in [0, 0.05) is 12.2 Å². The molecule has 0 radical (unpaired) electrons. The van der Waals surface area contributed by atoms with E-state index in [1.165, 1.54) is 13.3 Å². The van der Waals surface area contributed by atoms with Gasteiger partial charge in [0.15, 0.2) is 18.1 Å². The minimum Gasteiger partial charge on any atom is -0.493 e. The van der Waals surface area contributed by atoms with Crippen LogP contribution in [0.5, 0.6) is 11.5 Å². The van der Waals surface area contributed by atoms with Crippen molar-refractivity contribution in [3.8, 4) is 11.5 Å². The number of nitrogens with zero attached hydrogens (tertiary/aromatic N) is 1. The number of ether oxygens (including phenoxy) is 2. The molecule has 0 aliphatic rings. The van der Waals surface area contributed by atoms with Gasteiger partial charge in [-0.3, -0.25) is 14.4 Å². The Morgan fingerprint density at radius 3 is 2.26 bits per heavy atom. The smallest absolute Gasteiger partial charge is 0.329 e. The highest BCUT2D eigenvalue weighted by Crippen LogP contribution is 2.33. The number of hydrogen-bond acceptors (Lipinski definition) is 6. The van der Waals surface area contributed by atoms with E-state index in [0.29, 0.717) is 26.3 Å². The van der Waals surface area contributed by atoms with E-state index in [4.69, 9.17) is 9.47 Å². The molecule has 0 spiro atoms. The molecule has 0 bridgehead atoms. The highest BCUT2D eigenvalue weighted by molar-refractivity contribution is 14.1. The van der Waals surface area contributed by atoms with Crippen LogP contribution >= 0.6 is 22.6 Å². The lowest BCUT2D eigenvalue weighted by Crippen LogP contribution is -2.37. The number of amides is 3. The van der Waals surface area contributed by atoms with Gasteiger partial charge in [0.2, 0.25) is 0 Å². The van der Waals surface area contributed by atoms with Crippen molar-refractivity contribution in [3.63, 3.8) is 0 Å². The van der Waals surface area contributed by atoms with E-state index < -0.39 is 11.8 Å². The summed E-state index contributed by atoms with van der Waals surface area (Å²) in [5.74, 6) is -1.19. The number of nitrogens with one attached hydrogen (secondary N) is 3. The maximum absolute atomic E-state index is 12.4. The fraction of sp³-hybridized carbons (Fsp3) is 0.214. The molecule has 3 rings (SSSR count). The van der Waals surface area contributed by atoms with Crippen LogP contribution in [0.25, 0.3) is 0 Å². The van der Waals surface area contributed by atoms with Gasteiger partial charge >= 0.3 is 11.8 Å². The number of aryl methyl sites for hydroxylation is 3. The molecule has 0 fully saturated rings. The molecule has 3 aromatic carbocycles. The summed E-state index contributed by atoms with van der Waals surface area (Å²) in [4.78, 5) is 36.5. The summed E-state index contributed by atoms with van der Waals surface area (Å²) < 4.78 is 11.8. The standard InChI is InChI=1S/C28H29IN4O5/c1-17-5-7-20(8-6-17)14-30-27(35)28(36)33-31-15-21-12-23(29)26(24(13-21)37-4)38-16-25(34)32-22-10-18(2)9-19(3)11-22/h5-13,15H,14,16H2,1-4H3,(H,30,35)(H,32,34)(H,33,36)/b31-15-. The monoisotopic (exact) mass is 628 g/mol. The van der Waals surface area contributed by atoms with E-state index >= 15 is 0 Å². The van der Waals surface area contributed by atoms with Gasteiger partial charge in [0.25, 0.3) is 5.91 Å². The highest BCUT2D eigenvalue weighted by Gasteiger charge is 2.15. The maximum Gasteiger partial charge on any atom is 0.329 e. The predicted molar refractivity (Wildman–Crippen MR) is 155 cm³/mol. The molecule has 198 valence electrons. The Kier molecular flexibility index (Phi) is 10.2. The van der Waals surface area contributed by atoms with Crippen molar-refractivity contribution < 1.29 is 23.9 Å². The molecule has 10 heteroatoms. The summed E-state index contributed by atoms with van der Waals surface area (Å²) in [7, 11) is 1.48. The van der Waals surface area contributed by atoms with E-state index in [2.05, 4.69) is 43.8 Å². The summed E-state index contributed by atoms with van der Waals surface area (Å²) >= 11 is 2.06. The van der Waals surface area contributed by atoms with Crippen molar-refractivity contribution in [1.82, 2.24) is 10.7 Å². The topological polar surface area (TPSA) is 118 Å². The lowest BCUT2D eigenvalue weighted by Gasteiger charge is -2.14. The quantitative estimate of drug-likeness (QED) is 0.143. The van der Waals surface area contributed by atoms with Gasteiger partial charge < -0.3 is 20.1 Å². The first-order valence-corrected chi connectivity index (χ1v) is 12.8. The average Bonchev–Trinajstić information content (AvgIpc) is 2.86. The molecule has 0 atom stereocenters. The maximum atomic E-state index is 12.4. The number of hydrogen-bond donors (Lipinski definition) is 3. The molecule has 0 aliphatic carbocycles. The Balaban J connectivity index is 1.55. The minimum absolute atomic E-state index is 0.208. The number of carbonyl (C=O) groups is 3. The number of hydrazone groups is 1. The lowest BCUT2D eigenvalue weighted by molar-refractivity contribution is -0.139. The Hall–Kier alpha value is -3.93. The molecular weight excluding hydrogens is 599 g/mol. The molecule has 0 unspecified atom stereocenters. The molecule has 0 aromatic heterocycles. The summed E-state index contributed by atoms with van der Waals surface area (Å²) in [6, 6.07) is 16.8. The second kappa shape index (κ2) is 13.6. The van der Waals surface area contributed by atoms with Crippen molar-refractivity contribution in [2.24, 2.45) is 5.10 Å². The zero-order valence-electron chi connectivity index (χ0n) is 21.6. The number of rotatable bonds is 9. The van der Waals surface area contributed by atoms with Gasteiger partial charge in [0.05, 0.1) is 16.9 Å². The summed E-state index contributed by atoms with van der Waals surface area (Å²) in [6.45, 7) is 5.92. The summed E-state index contributed by atoms with van der Waals surface area (Å²) in [5.41, 5.74) is 7.60. The van der Waals surface area contributed by atoms with E-state index in [-0.39, 0.29) is 19.1 Å². The van der Waals surface area contributed by atoms with Gasteiger partial charge in [-0.2, -0.15) is 5.10 Å². The van der Waals surface area contributed by atoms with Crippen LogP contribution in [0.3, 0.4) is 0 Å². The normalized spacial score (nSPS) is 10.7. The second-order valence-electron chi connectivity index (χ2n) is 8.61. The van der Waals surface area contributed by atoms with Crippen molar-refractivity contribution in [1.29, 1.82) is 0 Å². The SMILES string of the molecule is COc1cc(/C=N\NC(=O)C(=O)NCc2ccc(C)cc2)cc(I)c1OCC(=O)Nc1cc(C)cc(C)c1. The first-order chi connectivity index (χ1) is 18.1. The number of benzene rings is 3. The molecule has 0 heterocycles. The van der Waals surface area contributed by atoms with Crippen molar-refractivity contribution in [3.05, 3.63) is 86.0 Å². The fourth-order valence-electron chi connectivity index (χ4n) is 3.52. The predicted octanol–water partition coefficient (Wildman–Crippen LogP) is 4.01. The average molecular weight is 628 g/mol. The zero-order chi connectivity index (χ0) is 27.7. The van der Waals surface area contributed by atoms with Crippen LogP contribution < -0.4 is 25.5 Å². The molecule has 3 amide bonds. The first-order valence-electron chi connectivity index (χ1n) is 11.7. The van der Waals surface area contributed by atoms with Crippen LogP contribution in [0.15, 0.2) is 59.7 Å². The molecule has 3 aromatic rings. The molecule has 0 aliphatic heterocycles. The van der Waals surface area contributed by atoms with E-state index in [0.717, 1.165) is 22.3 Å².